The van der Waals surface area contributed by atoms with E-state index in [0.717, 1.165) is 48.5 Å². The summed E-state index contributed by atoms with van der Waals surface area (Å²) in [5.74, 6) is -61.0. The zero-order valence-corrected chi connectivity index (χ0v) is 60.5. The largest absolute Gasteiger partial charge is 0.743 e. The van der Waals surface area contributed by atoms with Gasteiger partial charge in [0.05, 0.1) is 21.8 Å². The van der Waals surface area contributed by atoms with E-state index in [9.17, 15) is 174 Å². The van der Waals surface area contributed by atoms with Gasteiger partial charge in [-0.05, 0) is 121 Å². The molecule has 0 aliphatic rings. The molecule has 0 spiro atoms. The summed E-state index contributed by atoms with van der Waals surface area (Å²) in [6, 6.07) is 35.0. The molecule has 10 aromatic carbocycles. The van der Waals surface area contributed by atoms with Crippen LogP contribution < -0.4 is 16.7 Å². The number of alkyl halides is 6. The van der Waals surface area contributed by atoms with E-state index in [4.69, 9.17) is 0 Å². The Labute approximate surface area is 632 Å². The molecule has 0 fully saturated rings. The van der Waals surface area contributed by atoms with Crippen LogP contribution in [0.25, 0.3) is 0 Å². The number of rotatable bonds is 22. The predicted octanol–water partition coefficient (Wildman–Crippen LogP) is 15.3. The van der Waals surface area contributed by atoms with Crippen molar-refractivity contribution in [1.82, 2.24) is 0 Å². The molecule has 0 bridgehead atoms. The SMILES string of the molecule is O=S(=O)(Oc1ccc([S+](c2ccccc2)c2ccc(OS(=O)(=O)c3c(F)c(F)c(F)c(F)c3F)cc2)cc1)c1c(F)c(F)c(F)c(F)c1F.O=S(=O)(Oc1ccc([S+](c2ccccc2)c2ccc(OS(=O)(=O)c3c(F)c(F)c(F)c(F)c3F)cc2)cc1)c1c(F)c(F)c(F)c(F)c1F.O=S(=O)([O-])C(F)(F)C(F)(F)C(F)(F)S(=O)(=O)[O-]. The van der Waals surface area contributed by atoms with Gasteiger partial charge in [0.2, 0.25) is 23.3 Å². The Balaban J connectivity index is 0.000000240. The molecule has 0 heterocycles. The lowest BCUT2D eigenvalue weighted by atomic mass is 10.3. The first-order valence-corrected chi connectivity index (χ1v) is 39.7. The summed E-state index contributed by atoms with van der Waals surface area (Å²) in [4.78, 5) is -6.03. The Morgan fingerprint density at radius 3 is 0.504 bits per heavy atom. The summed E-state index contributed by atoms with van der Waals surface area (Å²) in [5, 5.41) is -13.9. The van der Waals surface area contributed by atoms with Crippen LogP contribution in [0, 0.1) is 116 Å². The van der Waals surface area contributed by atoms with Crippen molar-refractivity contribution in [3.63, 3.8) is 0 Å². The second-order valence-corrected chi connectivity index (χ2v) is 34.2. The minimum absolute atomic E-state index is 0.398. The van der Waals surface area contributed by atoms with Crippen LogP contribution in [-0.2, 0) is 82.5 Å². The molecule has 616 valence electrons. The molecule has 0 aliphatic heterocycles. The Kier molecular flexibility index (Phi) is 26.1. The Morgan fingerprint density at radius 1 is 0.217 bits per heavy atom. The molecule has 115 heavy (non-hydrogen) atoms. The first-order chi connectivity index (χ1) is 52.9. The summed E-state index contributed by atoms with van der Waals surface area (Å²) >= 11 is 0. The first kappa shape index (κ1) is 90.4. The molecular weight excluding hydrogens is 1800 g/mol. The van der Waals surface area contributed by atoms with Crippen LogP contribution in [0.2, 0.25) is 0 Å². The Hall–Kier alpha value is -10.1. The number of hydrogen-bond acceptors (Lipinski definition) is 18. The molecule has 18 nitrogen and oxygen atoms in total. The fourth-order valence-corrected chi connectivity index (χ4v) is 18.2. The quantitative estimate of drug-likeness (QED) is 0.0152. The van der Waals surface area contributed by atoms with Crippen molar-refractivity contribution >= 4 is 82.5 Å². The molecule has 0 saturated carbocycles. The van der Waals surface area contributed by atoms with Crippen molar-refractivity contribution in [3.8, 4) is 23.0 Å². The van der Waals surface area contributed by atoms with E-state index in [1.165, 1.54) is 48.5 Å². The second kappa shape index (κ2) is 33.2. The average molecular weight is 1820 g/mol. The van der Waals surface area contributed by atoms with Crippen molar-refractivity contribution < 1.29 is 190 Å². The third-order valence-corrected chi connectivity index (χ3v) is 25.4. The number of halogens is 26. The predicted molar refractivity (Wildman–Crippen MR) is 333 cm³/mol. The average Bonchev–Trinajstić information content (AvgIpc) is 0.729. The van der Waals surface area contributed by atoms with Crippen LogP contribution in [0.4, 0.5) is 114 Å². The molecular formula is C63H26F26O18S8. The highest BCUT2D eigenvalue weighted by molar-refractivity contribution is 7.97. The normalized spacial score (nSPS) is 12.6. The smallest absolute Gasteiger partial charge is 0.403 e. The van der Waals surface area contributed by atoms with Crippen LogP contribution >= 0.6 is 0 Å². The Morgan fingerprint density at radius 2 is 0.357 bits per heavy atom. The van der Waals surface area contributed by atoms with Crippen molar-refractivity contribution in [3.05, 3.63) is 274 Å². The van der Waals surface area contributed by atoms with Crippen LogP contribution in [0.5, 0.6) is 23.0 Å². The third kappa shape index (κ3) is 17.8. The fourth-order valence-electron chi connectivity index (χ4n) is 8.83. The van der Waals surface area contributed by atoms with Gasteiger partial charge in [0.1, 0.15) is 23.0 Å². The highest BCUT2D eigenvalue weighted by atomic mass is 32.2. The van der Waals surface area contributed by atoms with Gasteiger partial charge in [-0.2, -0.15) is 60.0 Å². The van der Waals surface area contributed by atoms with Crippen molar-refractivity contribution in [2.75, 3.05) is 0 Å². The molecule has 0 atom stereocenters. The fraction of sp³-hybridized carbons (Fsp3) is 0.0476. The Bertz CT molecular complexity index is 5420. The highest BCUT2D eigenvalue weighted by Gasteiger charge is 2.78. The maximum Gasteiger partial charge on any atom is 0.403 e. The second-order valence-electron chi connectivity index (χ2n) is 21.4. The molecule has 0 saturated heterocycles. The zero-order chi connectivity index (χ0) is 86.5. The van der Waals surface area contributed by atoms with Crippen LogP contribution in [-0.4, -0.2) is 76.0 Å². The van der Waals surface area contributed by atoms with E-state index in [1.54, 1.807) is 60.7 Å². The summed E-state index contributed by atoms with van der Waals surface area (Å²) in [7, 11) is -39.2. The number of hydrogen-bond donors (Lipinski definition) is 0. The molecule has 10 rings (SSSR count). The van der Waals surface area contributed by atoms with Gasteiger partial charge in [0.25, 0.3) is 0 Å². The van der Waals surface area contributed by atoms with Crippen LogP contribution in [0.15, 0.2) is 207 Å². The van der Waals surface area contributed by atoms with E-state index in [0.29, 0.717) is 29.4 Å². The van der Waals surface area contributed by atoms with Crippen LogP contribution in [0.1, 0.15) is 0 Å². The van der Waals surface area contributed by atoms with Gasteiger partial charge in [-0.15, -0.1) is 0 Å². The maximum atomic E-state index is 14.1. The van der Waals surface area contributed by atoms with Gasteiger partial charge in [-0.25, -0.2) is 105 Å². The van der Waals surface area contributed by atoms with Gasteiger partial charge in [0, 0.05) is 0 Å². The molecule has 0 amide bonds. The molecule has 0 radical (unpaired) electrons. The summed E-state index contributed by atoms with van der Waals surface area (Å²) in [6.45, 7) is 0. The highest BCUT2D eigenvalue weighted by Crippen LogP contribution is 2.50. The molecule has 0 aromatic heterocycles. The van der Waals surface area contributed by atoms with E-state index in [1.807, 2.05) is 0 Å². The van der Waals surface area contributed by atoms with Gasteiger partial charge < -0.3 is 25.8 Å². The van der Waals surface area contributed by atoms with Crippen molar-refractivity contribution in [1.29, 1.82) is 0 Å². The van der Waals surface area contributed by atoms with E-state index < -0.39 is 258 Å². The lowest BCUT2D eigenvalue weighted by molar-refractivity contribution is -0.247. The lowest BCUT2D eigenvalue weighted by Gasteiger charge is -2.34. The molecule has 52 heteroatoms. The van der Waals surface area contributed by atoms with E-state index in [2.05, 4.69) is 16.7 Å². The summed E-state index contributed by atoms with van der Waals surface area (Å²) < 4.78 is 526. The summed E-state index contributed by atoms with van der Waals surface area (Å²) in [6.07, 6.45) is 0. The topological polar surface area (TPSA) is 288 Å². The van der Waals surface area contributed by atoms with E-state index in [-0.39, 0.29) is 0 Å². The van der Waals surface area contributed by atoms with Crippen molar-refractivity contribution in [2.45, 2.75) is 65.4 Å². The van der Waals surface area contributed by atoms with Gasteiger partial charge in [0.15, 0.2) is 162 Å². The molecule has 0 unspecified atom stereocenters. The molecule has 10 aromatic rings. The molecule has 0 aliphatic carbocycles. The van der Waals surface area contributed by atoms with Crippen LogP contribution in [0.3, 0.4) is 0 Å². The third-order valence-electron chi connectivity index (χ3n) is 14.1. The van der Waals surface area contributed by atoms with Gasteiger partial charge in [-0.3, -0.25) is 0 Å². The minimum atomic E-state index is -7.32. The van der Waals surface area contributed by atoms with Gasteiger partial charge in [-0.1, -0.05) is 36.4 Å². The van der Waals surface area contributed by atoms with Crippen molar-refractivity contribution in [2.24, 2.45) is 0 Å². The number of benzene rings is 10. The van der Waals surface area contributed by atoms with E-state index >= 15 is 0 Å². The standard InChI is InChI=1S/2C30H13F10O6S3.C3H2F6O6S2/c2*31-19-21(33)25(37)29(26(38)22(19)34)48(41,42)45-14-6-10-17(11-7-14)47(16-4-2-1-3-5-16)18-12-8-15(9-13-18)46-49(43,44)30-27(39)23(35)20(32)24(36)28(30)40;4-1(5,2(6,7)16(10,11)12)3(8,9)17(13,14)15/h2*1-13H;(H,10,11,12)(H,13,14,15)/q2*+1;/p-2. The monoisotopic (exact) mass is 1820 g/mol. The zero-order valence-electron chi connectivity index (χ0n) is 54.0. The lowest BCUT2D eigenvalue weighted by Crippen LogP contribution is -2.60. The molecule has 0 N–H and O–H groups in total. The first-order valence-electron chi connectivity index (χ1n) is 28.8. The minimum Gasteiger partial charge on any atom is -0.743 e. The maximum absolute atomic E-state index is 14.1. The van der Waals surface area contributed by atoms with Gasteiger partial charge >= 0.3 is 56.9 Å². The summed E-state index contributed by atoms with van der Waals surface area (Å²) in [5.41, 5.74) is 0.